The second-order valence-corrected chi connectivity index (χ2v) is 5.56. The number of nitrogens with one attached hydrogen (secondary N) is 1. The minimum Gasteiger partial charge on any atom is -0.508 e. The highest BCUT2D eigenvalue weighted by Gasteiger charge is 2.39. The van der Waals surface area contributed by atoms with E-state index in [0.717, 1.165) is 25.9 Å². The Morgan fingerprint density at radius 3 is 2.90 bits per heavy atom. The third kappa shape index (κ3) is 2.64. The number of nitrogens with zero attached hydrogens (tertiary/aromatic N) is 1. The van der Waals surface area contributed by atoms with Gasteiger partial charge in [-0.15, -0.1) is 0 Å². The van der Waals surface area contributed by atoms with Crippen molar-refractivity contribution in [3.63, 3.8) is 0 Å². The summed E-state index contributed by atoms with van der Waals surface area (Å²) < 4.78 is 5.96. The van der Waals surface area contributed by atoms with Gasteiger partial charge in [-0.2, -0.15) is 0 Å². The van der Waals surface area contributed by atoms with Gasteiger partial charge in [0.1, 0.15) is 5.75 Å². The monoisotopic (exact) mass is 276 g/mol. The van der Waals surface area contributed by atoms with E-state index in [1.807, 2.05) is 4.90 Å². The molecule has 0 aliphatic carbocycles. The Hall–Kier alpha value is -1.59. The van der Waals surface area contributed by atoms with E-state index in [2.05, 4.69) is 5.32 Å². The molecule has 2 aliphatic heterocycles. The molecule has 2 heterocycles. The average Bonchev–Trinajstić information content (AvgIpc) is 2.47. The fourth-order valence-corrected chi connectivity index (χ4v) is 3.02. The van der Waals surface area contributed by atoms with Crippen LogP contribution in [0.15, 0.2) is 24.3 Å². The number of carbonyl (C=O) groups excluding carboxylic acids is 1. The van der Waals surface area contributed by atoms with Crippen LogP contribution in [-0.4, -0.2) is 54.3 Å². The molecule has 1 spiro atoms. The number of carbonyl (C=O) groups is 1. The van der Waals surface area contributed by atoms with Crippen LogP contribution in [-0.2, 0) is 4.74 Å². The smallest absolute Gasteiger partial charge is 0.254 e. The molecular formula is C15H20N2O3. The summed E-state index contributed by atoms with van der Waals surface area (Å²) in [7, 11) is 0. The summed E-state index contributed by atoms with van der Waals surface area (Å²) in [6.07, 6.45) is 1.88. The number of phenols is 1. The molecule has 108 valence electrons. The maximum absolute atomic E-state index is 12.5. The van der Waals surface area contributed by atoms with Crippen LogP contribution in [0.25, 0.3) is 0 Å². The molecule has 0 aromatic heterocycles. The molecular weight excluding hydrogens is 256 g/mol. The van der Waals surface area contributed by atoms with Crippen LogP contribution in [0.2, 0.25) is 0 Å². The summed E-state index contributed by atoms with van der Waals surface area (Å²) in [6.45, 7) is 3.72. The Bertz CT molecular complexity index is 492. The number of amides is 1. The highest BCUT2D eigenvalue weighted by atomic mass is 16.5. The molecule has 3 rings (SSSR count). The van der Waals surface area contributed by atoms with Gasteiger partial charge in [-0.05, 0) is 44.1 Å². The normalized spacial score (nSPS) is 21.9. The minimum atomic E-state index is -0.185. The van der Waals surface area contributed by atoms with Crippen molar-refractivity contribution in [2.24, 2.45) is 0 Å². The van der Waals surface area contributed by atoms with Gasteiger partial charge in [-0.3, -0.25) is 4.79 Å². The number of ether oxygens (including phenoxy) is 1. The molecule has 0 unspecified atom stereocenters. The van der Waals surface area contributed by atoms with Gasteiger partial charge in [0.2, 0.25) is 0 Å². The van der Waals surface area contributed by atoms with Crippen molar-refractivity contribution in [1.82, 2.24) is 10.2 Å². The third-order valence-electron chi connectivity index (χ3n) is 4.14. The maximum Gasteiger partial charge on any atom is 0.254 e. The summed E-state index contributed by atoms with van der Waals surface area (Å²) in [5, 5.41) is 12.8. The number of morpholine rings is 1. The molecule has 20 heavy (non-hydrogen) atoms. The van der Waals surface area contributed by atoms with Gasteiger partial charge in [0, 0.05) is 12.1 Å². The van der Waals surface area contributed by atoms with Crippen molar-refractivity contribution in [1.29, 1.82) is 0 Å². The van der Waals surface area contributed by atoms with Gasteiger partial charge in [0.05, 0.1) is 18.8 Å². The zero-order valence-electron chi connectivity index (χ0n) is 11.5. The third-order valence-corrected chi connectivity index (χ3v) is 4.14. The fraction of sp³-hybridized carbons (Fsp3) is 0.533. The van der Waals surface area contributed by atoms with Gasteiger partial charge >= 0.3 is 0 Å². The number of aromatic hydroxyl groups is 1. The number of piperidine rings is 1. The first-order chi connectivity index (χ1) is 9.69. The molecule has 0 saturated carbocycles. The summed E-state index contributed by atoms with van der Waals surface area (Å²) in [4.78, 5) is 14.4. The van der Waals surface area contributed by atoms with Crippen LogP contribution < -0.4 is 5.32 Å². The van der Waals surface area contributed by atoms with Crippen LogP contribution in [0.5, 0.6) is 5.75 Å². The zero-order valence-corrected chi connectivity index (χ0v) is 11.5. The SMILES string of the molecule is O=C(c1cccc(O)c1)N1CCOC2(CCNCC2)C1. The average molecular weight is 276 g/mol. The lowest BCUT2D eigenvalue weighted by Crippen LogP contribution is -2.57. The minimum absolute atomic E-state index is 0.0258. The Labute approximate surface area is 118 Å². The molecule has 5 heteroatoms. The Kier molecular flexibility index (Phi) is 3.63. The molecule has 0 atom stereocenters. The van der Waals surface area contributed by atoms with Crippen LogP contribution in [0.3, 0.4) is 0 Å². The maximum atomic E-state index is 12.5. The van der Waals surface area contributed by atoms with Crippen LogP contribution >= 0.6 is 0 Å². The second kappa shape index (κ2) is 5.42. The van der Waals surface area contributed by atoms with Crippen molar-refractivity contribution in [3.05, 3.63) is 29.8 Å². The largest absolute Gasteiger partial charge is 0.508 e. The van der Waals surface area contributed by atoms with E-state index < -0.39 is 0 Å². The van der Waals surface area contributed by atoms with E-state index >= 15 is 0 Å². The molecule has 0 radical (unpaired) electrons. The van der Waals surface area contributed by atoms with E-state index in [4.69, 9.17) is 4.74 Å². The summed E-state index contributed by atoms with van der Waals surface area (Å²) in [5.41, 5.74) is 0.353. The van der Waals surface area contributed by atoms with Crippen LogP contribution in [0.4, 0.5) is 0 Å². The van der Waals surface area contributed by atoms with Gasteiger partial charge in [-0.25, -0.2) is 0 Å². The quantitative estimate of drug-likeness (QED) is 0.803. The Balaban J connectivity index is 1.74. The van der Waals surface area contributed by atoms with Crippen molar-refractivity contribution >= 4 is 5.91 Å². The zero-order chi connectivity index (χ0) is 14.0. The highest BCUT2D eigenvalue weighted by molar-refractivity contribution is 5.94. The molecule has 2 saturated heterocycles. The molecule has 2 aliphatic rings. The van der Waals surface area contributed by atoms with Crippen molar-refractivity contribution in [2.45, 2.75) is 18.4 Å². The predicted octanol–water partition coefficient (Wildman–Crippen LogP) is 0.987. The number of rotatable bonds is 1. The number of phenolic OH excluding ortho intramolecular Hbond substituents is 1. The first-order valence-electron chi connectivity index (χ1n) is 7.12. The summed E-state index contributed by atoms with van der Waals surface area (Å²) >= 11 is 0. The number of hydrogen-bond donors (Lipinski definition) is 2. The second-order valence-electron chi connectivity index (χ2n) is 5.56. The van der Waals surface area contributed by atoms with Crippen molar-refractivity contribution < 1.29 is 14.6 Å². The van der Waals surface area contributed by atoms with Gasteiger partial charge in [0.15, 0.2) is 0 Å². The van der Waals surface area contributed by atoms with Crippen LogP contribution in [0.1, 0.15) is 23.2 Å². The van der Waals surface area contributed by atoms with E-state index in [1.165, 1.54) is 6.07 Å². The van der Waals surface area contributed by atoms with E-state index in [9.17, 15) is 9.90 Å². The van der Waals surface area contributed by atoms with Gasteiger partial charge in [0.25, 0.3) is 5.91 Å². The van der Waals surface area contributed by atoms with E-state index in [0.29, 0.717) is 25.3 Å². The number of benzene rings is 1. The summed E-state index contributed by atoms with van der Waals surface area (Å²) in [6, 6.07) is 6.53. The van der Waals surface area contributed by atoms with Crippen molar-refractivity contribution in [2.75, 3.05) is 32.8 Å². The highest BCUT2D eigenvalue weighted by Crippen LogP contribution is 2.28. The lowest BCUT2D eigenvalue weighted by atomic mass is 9.90. The summed E-state index contributed by atoms with van der Waals surface area (Å²) in [5.74, 6) is 0.0998. The van der Waals surface area contributed by atoms with Crippen molar-refractivity contribution in [3.8, 4) is 5.75 Å². The molecule has 1 amide bonds. The lowest BCUT2D eigenvalue weighted by Gasteiger charge is -2.45. The molecule has 2 N–H and O–H groups in total. The van der Waals surface area contributed by atoms with E-state index in [-0.39, 0.29) is 17.3 Å². The topological polar surface area (TPSA) is 61.8 Å². The van der Waals surface area contributed by atoms with E-state index in [1.54, 1.807) is 18.2 Å². The standard InChI is InChI=1S/C15H20N2O3/c18-13-3-1-2-12(10-13)14(19)17-8-9-20-15(11-17)4-6-16-7-5-15/h1-3,10,16,18H,4-9,11H2. The van der Waals surface area contributed by atoms with Crippen LogP contribution in [0, 0.1) is 0 Å². The molecule has 5 nitrogen and oxygen atoms in total. The number of hydrogen-bond acceptors (Lipinski definition) is 4. The molecule has 1 aromatic rings. The lowest BCUT2D eigenvalue weighted by molar-refractivity contribution is -0.114. The Morgan fingerprint density at radius 1 is 1.35 bits per heavy atom. The van der Waals surface area contributed by atoms with Gasteiger partial charge in [-0.1, -0.05) is 6.07 Å². The van der Waals surface area contributed by atoms with Gasteiger partial charge < -0.3 is 20.1 Å². The first-order valence-corrected chi connectivity index (χ1v) is 7.12. The molecule has 1 aromatic carbocycles. The molecule has 2 fully saturated rings. The Morgan fingerprint density at radius 2 is 2.15 bits per heavy atom. The fourth-order valence-electron chi connectivity index (χ4n) is 3.02. The predicted molar refractivity (Wildman–Crippen MR) is 74.8 cm³/mol. The molecule has 0 bridgehead atoms. The first kappa shape index (κ1) is 13.4.